The number of anilines is 1. The molecule has 1 amide bonds. The van der Waals surface area contributed by atoms with Gasteiger partial charge in [0.2, 0.25) is 0 Å². The molecular formula is C32H37N3O2Si. The van der Waals surface area contributed by atoms with Crippen molar-refractivity contribution in [3.63, 3.8) is 0 Å². The van der Waals surface area contributed by atoms with Gasteiger partial charge in [-0.2, -0.15) is 0 Å². The predicted octanol–water partition coefficient (Wildman–Crippen LogP) is 5.75. The molecule has 1 heterocycles. The fraction of sp³-hybridized carbons (Fsp3) is 0.344. The molecule has 6 heteroatoms. The summed E-state index contributed by atoms with van der Waals surface area (Å²) in [6.45, 7) is 12.5. The first-order valence-electron chi connectivity index (χ1n) is 13.5. The number of nitrogens with zero attached hydrogens (tertiary/aromatic N) is 2. The normalized spacial score (nSPS) is 15.0. The van der Waals surface area contributed by atoms with Crippen LogP contribution in [-0.4, -0.2) is 51.9 Å². The minimum atomic E-state index is -1.49. The van der Waals surface area contributed by atoms with E-state index < -0.39 is 8.07 Å². The Morgan fingerprint density at radius 3 is 2.16 bits per heavy atom. The van der Waals surface area contributed by atoms with Crippen molar-refractivity contribution in [2.45, 2.75) is 39.0 Å². The zero-order chi connectivity index (χ0) is 26.9. The van der Waals surface area contributed by atoms with E-state index in [9.17, 15) is 4.79 Å². The number of carbonyl (C=O) groups is 1. The van der Waals surface area contributed by atoms with E-state index in [4.69, 9.17) is 10.5 Å². The lowest BCUT2D eigenvalue weighted by atomic mass is 9.98. The average Bonchev–Trinajstić information content (AvgIpc) is 3.24. The number of carbonyl (C=O) groups excluding carboxylic acids is 1. The van der Waals surface area contributed by atoms with Gasteiger partial charge in [-0.1, -0.05) is 74.1 Å². The number of benzene rings is 3. The third-order valence-electron chi connectivity index (χ3n) is 7.46. The number of hydrogen-bond donors (Lipinski definition) is 1. The molecule has 0 radical (unpaired) electrons. The molecule has 5 nitrogen and oxygen atoms in total. The van der Waals surface area contributed by atoms with Crippen LogP contribution in [-0.2, 0) is 11.3 Å². The molecule has 0 aromatic heterocycles. The van der Waals surface area contributed by atoms with Gasteiger partial charge in [-0.3, -0.25) is 0 Å². The summed E-state index contributed by atoms with van der Waals surface area (Å²) in [6.07, 6.45) is -0.236. The van der Waals surface area contributed by atoms with Crippen LogP contribution in [0.25, 0.3) is 11.1 Å². The van der Waals surface area contributed by atoms with Crippen molar-refractivity contribution >= 4 is 19.9 Å². The molecule has 1 saturated heterocycles. The van der Waals surface area contributed by atoms with Crippen LogP contribution in [0.1, 0.15) is 33.7 Å². The van der Waals surface area contributed by atoms with Crippen molar-refractivity contribution in [1.82, 2.24) is 4.90 Å². The van der Waals surface area contributed by atoms with Gasteiger partial charge in [0.1, 0.15) is 14.7 Å². The molecule has 2 N–H and O–H groups in total. The van der Waals surface area contributed by atoms with E-state index in [0.717, 1.165) is 24.2 Å². The third kappa shape index (κ3) is 5.36. The zero-order valence-electron chi connectivity index (χ0n) is 22.9. The quantitative estimate of drug-likeness (QED) is 0.349. The lowest BCUT2D eigenvalue weighted by Crippen LogP contribution is -2.49. The average molecular weight is 524 g/mol. The van der Waals surface area contributed by atoms with Gasteiger partial charge >= 0.3 is 6.09 Å². The lowest BCUT2D eigenvalue weighted by Gasteiger charge is -2.36. The number of amides is 1. The fourth-order valence-corrected chi connectivity index (χ4v) is 5.91. The Hall–Kier alpha value is -3.53. The summed E-state index contributed by atoms with van der Waals surface area (Å²) in [7, 11) is -1.49. The molecule has 3 aromatic rings. The number of rotatable bonds is 4. The SMILES string of the molecule is Cc1c(C#C[Si](C)(C)C)cc(CN)cc1N1CCN(C(=O)OCC2c3ccccc3-c3ccccc32)CC1. The molecule has 0 saturated carbocycles. The first kappa shape index (κ1) is 26.1. The molecule has 2 aliphatic rings. The van der Waals surface area contributed by atoms with Crippen LogP contribution in [0.3, 0.4) is 0 Å². The van der Waals surface area contributed by atoms with Gasteiger partial charge in [0.05, 0.1) is 0 Å². The summed E-state index contributed by atoms with van der Waals surface area (Å²) in [6, 6.07) is 21.1. The highest BCUT2D eigenvalue weighted by molar-refractivity contribution is 6.83. The van der Waals surface area contributed by atoms with Crippen LogP contribution in [0.5, 0.6) is 0 Å². The van der Waals surface area contributed by atoms with Crippen molar-refractivity contribution in [3.05, 3.63) is 88.5 Å². The van der Waals surface area contributed by atoms with Crippen LogP contribution in [0.4, 0.5) is 10.5 Å². The summed E-state index contributed by atoms with van der Waals surface area (Å²) in [5, 5.41) is 0. The molecule has 1 aliphatic heterocycles. The lowest BCUT2D eigenvalue weighted by molar-refractivity contribution is 0.0977. The zero-order valence-corrected chi connectivity index (χ0v) is 23.9. The summed E-state index contributed by atoms with van der Waals surface area (Å²) in [4.78, 5) is 17.3. The highest BCUT2D eigenvalue weighted by atomic mass is 28.3. The summed E-state index contributed by atoms with van der Waals surface area (Å²) in [5.74, 6) is 3.51. The van der Waals surface area contributed by atoms with Crippen LogP contribution in [0.2, 0.25) is 19.6 Å². The van der Waals surface area contributed by atoms with Gasteiger partial charge in [0, 0.05) is 49.9 Å². The highest BCUT2D eigenvalue weighted by Crippen LogP contribution is 2.44. The molecule has 1 aliphatic carbocycles. The van der Waals surface area contributed by atoms with Crippen LogP contribution in [0, 0.1) is 18.4 Å². The maximum atomic E-state index is 13.1. The Bertz CT molecular complexity index is 1360. The monoisotopic (exact) mass is 523 g/mol. The second-order valence-corrected chi connectivity index (χ2v) is 16.0. The molecule has 196 valence electrons. The minimum absolute atomic E-state index is 0.0741. The van der Waals surface area contributed by atoms with Crippen molar-refractivity contribution in [1.29, 1.82) is 0 Å². The molecule has 0 bridgehead atoms. The topological polar surface area (TPSA) is 58.8 Å². The molecule has 0 atom stereocenters. The largest absolute Gasteiger partial charge is 0.448 e. The number of hydrogen-bond acceptors (Lipinski definition) is 4. The molecule has 3 aromatic carbocycles. The highest BCUT2D eigenvalue weighted by Gasteiger charge is 2.30. The van der Waals surface area contributed by atoms with Crippen LogP contribution < -0.4 is 10.6 Å². The van der Waals surface area contributed by atoms with Gasteiger partial charge in [0.15, 0.2) is 0 Å². The van der Waals surface area contributed by atoms with Crippen molar-refractivity contribution in [3.8, 4) is 22.6 Å². The molecular weight excluding hydrogens is 486 g/mol. The number of fused-ring (bicyclic) bond motifs is 3. The first-order valence-corrected chi connectivity index (χ1v) is 17.0. The second kappa shape index (κ2) is 10.7. The Morgan fingerprint density at radius 2 is 1.58 bits per heavy atom. The van der Waals surface area contributed by atoms with E-state index in [1.165, 1.54) is 33.5 Å². The molecule has 38 heavy (non-hydrogen) atoms. The van der Waals surface area contributed by atoms with Gasteiger partial charge in [-0.25, -0.2) is 4.79 Å². The summed E-state index contributed by atoms with van der Waals surface area (Å²) < 4.78 is 5.90. The Morgan fingerprint density at radius 1 is 0.974 bits per heavy atom. The Labute approximate surface area is 227 Å². The second-order valence-electron chi connectivity index (χ2n) is 11.3. The van der Waals surface area contributed by atoms with E-state index in [-0.39, 0.29) is 12.0 Å². The van der Waals surface area contributed by atoms with Gasteiger partial charge in [-0.05, 0) is 52.4 Å². The minimum Gasteiger partial charge on any atom is -0.448 e. The molecule has 5 rings (SSSR count). The molecule has 1 fully saturated rings. The first-order chi connectivity index (χ1) is 18.2. The predicted molar refractivity (Wildman–Crippen MR) is 158 cm³/mol. The number of ether oxygens (including phenoxy) is 1. The van der Waals surface area contributed by atoms with E-state index in [1.54, 1.807) is 0 Å². The van der Waals surface area contributed by atoms with Crippen LogP contribution in [0.15, 0.2) is 60.7 Å². The number of piperazine rings is 1. The van der Waals surface area contributed by atoms with Crippen molar-refractivity contribution < 1.29 is 9.53 Å². The van der Waals surface area contributed by atoms with Crippen molar-refractivity contribution in [2.24, 2.45) is 5.73 Å². The van der Waals surface area contributed by atoms with Gasteiger partial charge in [0.25, 0.3) is 0 Å². The standard InChI is InChI=1S/C32H37N3O2Si/c1-23-25(13-18-38(2,3)4)19-24(21-33)20-31(23)34-14-16-35(17-15-34)32(36)37-22-30-28-11-7-5-9-26(28)27-10-6-8-12-29(27)30/h5-12,19-20,30H,14-17,21-22,33H2,1-4H3. The van der Waals surface area contributed by atoms with Gasteiger partial charge < -0.3 is 20.3 Å². The smallest absolute Gasteiger partial charge is 0.409 e. The third-order valence-corrected chi connectivity index (χ3v) is 8.34. The number of nitrogens with two attached hydrogens (primary N) is 1. The maximum Gasteiger partial charge on any atom is 0.409 e. The Balaban J connectivity index is 1.25. The Kier molecular flexibility index (Phi) is 7.33. The van der Waals surface area contributed by atoms with E-state index in [1.807, 2.05) is 4.90 Å². The van der Waals surface area contributed by atoms with Crippen LogP contribution >= 0.6 is 0 Å². The summed E-state index contributed by atoms with van der Waals surface area (Å²) >= 11 is 0. The van der Waals surface area contributed by atoms with Gasteiger partial charge in [-0.15, -0.1) is 5.54 Å². The fourth-order valence-electron chi connectivity index (χ4n) is 5.40. The summed E-state index contributed by atoms with van der Waals surface area (Å²) in [5.41, 5.74) is 19.0. The van der Waals surface area contributed by atoms with E-state index >= 15 is 0 Å². The van der Waals surface area contributed by atoms with E-state index in [0.29, 0.717) is 26.2 Å². The maximum absolute atomic E-state index is 13.1. The van der Waals surface area contributed by atoms with Crippen molar-refractivity contribution in [2.75, 3.05) is 37.7 Å². The molecule has 0 unspecified atom stereocenters. The molecule has 0 spiro atoms. The van der Waals surface area contributed by atoms with E-state index in [2.05, 4.69) is 104 Å².